The second-order valence-electron chi connectivity index (χ2n) is 5.24. The molecule has 23 heavy (non-hydrogen) atoms. The molecular weight excluding hydrogens is 374 g/mol. The van der Waals surface area contributed by atoms with Gasteiger partial charge in [-0.2, -0.15) is 0 Å². The standard InChI is InChI=1S/C18H20BrNO2S/c1-12-6-4-5-7-17(12)23-11-18(21)20-13(2)14-8-9-16(22-3)15(19)10-14/h4-10,13H,11H2,1-3H3,(H,20,21)/t13-/m0/s1. The highest BCUT2D eigenvalue weighted by Gasteiger charge is 2.12. The Morgan fingerprint density at radius 1 is 1.30 bits per heavy atom. The van der Waals surface area contributed by atoms with Crippen molar-refractivity contribution in [3.63, 3.8) is 0 Å². The van der Waals surface area contributed by atoms with Crippen LogP contribution in [-0.4, -0.2) is 18.8 Å². The summed E-state index contributed by atoms with van der Waals surface area (Å²) in [6, 6.07) is 13.9. The van der Waals surface area contributed by atoms with E-state index in [2.05, 4.69) is 34.2 Å². The van der Waals surface area contributed by atoms with Crippen LogP contribution in [0.5, 0.6) is 5.75 Å². The Morgan fingerprint density at radius 3 is 2.70 bits per heavy atom. The Bertz CT molecular complexity index is 690. The lowest BCUT2D eigenvalue weighted by Gasteiger charge is -2.16. The molecule has 0 bridgehead atoms. The van der Waals surface area contributed by atoms with E-state index in [0.29, 0.717) is 5.75 Å². The van der Waals surface area contributed by atoms with E-state index < -0.39 is 0 Å². The molecule has 5 heteroatoms. The minimum absolute atomic E-state index is 0.0256. The fourth-order valence-electron chi connectivity index (χ4n) is 2.18. The number of halogens is 1. The van der Waals surface area contributed by atoms with Gasteiger partial charge in [0.25, 0.3) is 0 Å². The third-order valence-electron chi connectivity index (χ3n) is 3.51. The van der Waals surface area contributed by atoms with Gasteiger partial charge in [0, 0.05) is 4.90 Å². The Labute approximate surface area is 149 Å². The van der Waals surface area contributed by atoms with E-state index in [9.17, 15) is 4.79 Å². The van der Waals surface area contributed by atoms with Gasteiger partial charge in [0.05, 0.1) is 23.4 Å². The molecule has 0 saturated heterocycles. The van der Waals surface area contributed by atoms with Gasteiger partial charge in [0.15, 0.2) is 0 Å². The molecule has 0 aromatic heterocycles. The van der Waals surface area contributed by atoms with E-state index in [4.69, 9.17) is 4.74 Å². The van der Waals surface area contributed by atoms with Crippen LogP contribution in [0.15, 0.2) is 51.8 Å². The Kier molecular flexibility index (Phi) is 6.54. The average molecular weight is 394 g/mol. The van der Waals surface area contributed by atoms with Crippen LogP contribution < -0.4 is 10.1 Å². The molecule has 0 heterocycles. The fourth-order valence-corrected chi connectivity index (χ4v) is 3.58. The number of benzene rings is 2. The predicted molar refractivity (Wildman–Crippen MR) is 99.2 cm³/mol. The lowest BCUT2D eigenvalue weighted by atomic mass is 10.1. The van der Waals surface area contributed by atoms with E-state index in [-0.39, 0.29) is 11.9 Å². The topological polar surface area (TPSA) is 38.3 Å². The van der Waals surface area contributed by atoms with Crippen molar-refractivity contribution >= 4 is 33.6 Å². The maximum absolute atomic E-state index is 12.2. The van der Waals surface area contributed by atoms with Crippen molar-refractivity contribution in [2.75, 3.05) is 12.9 Å². The van der Waals surface area contributed by atoms with Crippen LogP contribution in [0.2, 0.25) is 0 Å². The van der Waals surface area contributed by atoms with Crippen molar-refractivity contribution in [2.24, 2.45) is 0 Å². The monoisotopic (exact) mass is 393 g/mol. The fraction of sp³-hybridized carbons (Fsp3) is 0.278. The number of rotatable bonds is 6. The molecular formula is C18H20BrNO2S. The number of carbonyl (C=O) groups excluding carboxylic acids is 1. The molecule has 0 radical (unpaired) electrons. The number of aryl methyl sites for hydroxylation is 1. The molecule has 122 valence electrons. The summed E-state index contributed by atoms with van der Waals surface area (Å²) in [5.41, 5.74) is 2.23. The van der Waals surface area contributed by atoms with Crippen LogP contribution >= 0.6 is 27.7 Å². The van der Waals surface area contributed by atoms with Gasteiger partial charge in [-0.05, 0) is 59.1 Å². The van der Waals surface area contributed by atoms with Crippen LogP contribution in [0, 0.1) is 6.92 Å². The van der Waals surface area contributed by atoms with Crippen LogP contribution in [-0.2, 0) is 4.79 Å². The van der Waals surface area contributed by atoms with Crippen molar-refractivity contribution < 1.29 is 9.53 Å². The molecule has 1 N–H and O–H groups in total. The first kappa shape index (κ1) is 17.9. The number of ether oxygens (including phenoxy) is 1. The molecule has 0 fully saturated rings. The highest BCUT2D eigenvalue weighted by Crippen LogP contribution is 2.28. The molecule has 1 amide bonds. The summed E-state index contributed by atoms with van der Waals surface area (Å²) in [4.78, 5) is 13.3. The summed E-state index contributed by atoms with van der Waals surface area (Å²) in [6.45, 7) is 4.03. The van der Waals surface area contributed by atoms with Crippen LogP contribution in [0.4, 0.5) is 0 Å². The first-order chi connectivity index (χ1) is 11.0. The smallest absolute Gasteiger partial charge is 0.230 e. The molecule has 2 rings (SSSR count). The number of amides is 1. The van der Waals surface area contributed by atoms with E-state index in [1.165, 1.54) is 5.56 Å². The number of carbonyl (C=O) groups is 1. The number of nitrogens with one attached hydrogen (secondary N) is 1. The summed E-state index contributed by atoms with van der Waals surface area (Å²) in [7, 11) is 1.63. The zero-order chi connectivity index (χ0) is 16.8. The first-order valence-electron chi connectivity index (χ1n) is 7.32. The van der Waals surface area contributed by atoms with E-state index in [1.54, 1.807) is 18.9 Å². The molecule has 0 unspecified atom stereocenters. The molecule has 0 aliphatic heterocycles. The summed E-state index contributed by atoms with van der Waals surface area (Å²) in [6.07, 6.45) is 0. The Balaban J connectivity index is 1.92. The summed E-state index contributed by atoms with van der Waals surface area (Å²) in [5.74, 6) is 1.21. The summed E-state index contributed by atoms with van der Waals surface area (Å²) < 4.78 is 6.10. The van der Waals surface area contributed by atoms with E-state index in [0.717, 1.165) is 20.7 Å². The SMILES string of the molecule is COc1ccc([C@H](C)NC(=O)CSc2ccccc2C)cc1Br. The van der Waals surface area contributed by atoms with Gasteiger partial charge < -0.3 is 10.1 Å². The van der Waals surface area contributed by atoms with Crippen LogP contribution in [0.25, 0.3) is 0 Å². The van der Waals surface area contributed by atoms with Gasteiger partial charge in [-0.15, -0.1) is 11.8 Å². The van der Waals surface area contributed by atoms with Crippen molar-refractivity contribution in [1.29, 1.82) is 0 Å². The minimum Gasteiger partial charge on any atom is -0.496 e. The second-order valence-corrected chi connectivity index (χ2v) is 7.11. The molecule has 0 aliphatic carbocycles. The Morgan fingerprint density at radius 2 is 2.04 bits per heavy atom. The quantitative estimate of drug-likeness (QED) is 0.720. The van der Waals surface area contributed by atoms with Gasteiger partial charge in [-0.25, -0.2) is 0 Å². The van der Waals surface area contributed by atoms with E-state index in [1.807, 2.05) is 43.3 Å². The number of hydrogen-bond donors (Lipinski definition) is 1. The maximum Gasteiger partial charge on any atom is 0.230 e. The van der Waals surface area contributed by atoms with Crippen LogP contribution in [0.1, 0.15) is 24.1 Å². The van der Waals surface area contributed by atoms with E-state index >= 15 is 0 Å². The third kappa shape index (κ3) is 5.01. The zero-order valence-electron chi connectivity index (χ0n) is 13.4. The molecule has 1 atom stereocenters. The average Bonchev–Trinajstić information content (AvgIpc) is 2.54. The molecule has 0 saturated carbocycles. The Hall–Kier alpha value is -1.46. The molecule has 0 spiro atoms. The van der Waals surface area contributed by atoms with Gasteiger partial charge in [-0.3, -0.25) is 4.79 Å². The van der Waals surface area contributed by atoms with Crippen molar-refractivity contribution in [3.05, 3.63) is 58.1 Å². The lowest BCUT2D eigenvalue weighted by Crippen LogP contribution is -2.28. The van der Waals surface area contributed by atoms with Crippen molar-refractivity contribution in [3.8, 4) is 5.75 Å². The van der Waals surface area contributed by atoms with Crippen molar-refractivity contribution in [2.45, 2.75) is 24.8 Å². The highest BCUT2D eigenvalue weighted by atomic mass is 79.9. The number of methoxy groups -OCH3 is 1. The highest BCUT2D eigenvalue weighted by molar-refractivity contribution is 9.10. The van der Waals surface area contributed by atoms with Gasteiger partial charge in [-0.1, -0.05) is 24.3 Å². The zero-order valence-corrected chi connectivity index (χ0v) is 15.8. The summed E-state index contributed by atoms with van der Waals surface area (Å²) >= 11 is 5.03. The van der Waals surface area contributed by atoms with Crippen LogP contribution in [0.3, 0.4) is 0 Å². The van der Waals surface area contributed by atoms with Gasteiger partial charge in [0.2, 0.25) is 5.91 Å². The second kappa shape index (κ2) is 8.41. The largest absolute Gasteiger partial charge is 0.496 e. The molecule has 2 aromatic carbocycles. The first-order valence-corrected chi connectivity index (χ1v) is 9.10. The minimum atomic E-state index is -0.0535. The predicted octanol–water partition coefficient (Wildman–Crippen LogP) is 4.74. The van der Waals surface area contributed by atoms with Gasteiger partial charge in [0.1, 0.15) is 5.75 Å². The van der Waals surface area contributed by atoms with Crippen molar-refractivity contribution in [1.82, 2.24) is 5.32 Å². The maximum atomic E-state index is 12.2. The number of thioether (sulfide) groups is 1. The summed E-state index contributed by atoms with van der Waals surface area (Å²) in [5, 5.41) is 3.03. The number of hydrogen-bond acceptors (Lipinski definition) is 3. The third-order valence-corrected chi connectivity index (χ3v) is 5.30. The molecule has 3 nitrogen and oxygen atoms in total. The lowest BCUT2D eigenvalue weighted by molar-refractivity contribution is -0.119. The molecule has 0 aliphatic rings. The normalized spacial score (nSPS) is 11.8. The van der Waals surface area contributed by atoms with Gasteiger partial charge >= 0.3 is 0 Å². The molecule has 2 aromatic rings.